The number of carbonyl (C=O) groups excluding carboxylic acids is 1. The quantitative estimate of drug-likeness (QED) is 0.294. The summed E-state index contributed by atoms with van der Waals surface area (Å²) in [6, 6.07) is 24.4. The van der Waals surface area contributed by atoms with E-state index in [2.05, 4.69) is 51.7 Å². The molecule has 0 radical (unpaired) electrons. The molecule has 1 saturated heterocycles. The van der Waals surface area contributed by atoms with Crippen molar-refractivity contribution in [2.45, 2.75) is 50.5 Å². The van der Waals surface area contributed by atoms with Gasteiger partial charge < -0.3 is 15.0 Å². The summed E-state index contributed by atoms with van der Waals surface area (Å²) < 4.78 is 6.22. The number of ether oxygens (including phenoxy) is 1. The maximum atomic E-state index is 13.6. The molecule has 0 spiro atoms. The lowest BCUT2D eigenvalue weighted by Gasteiger charge is -2.29. The molecule has 2 N–H and O–H groups in total. The Bertz CT molecular complexity index is 1370. The van der Waals surface area contributed by atoms with Crippen LogP contribution in [0.1, 0.15) is 50.0 Å². The lowest BCUT2D eigenvalue weighted by atomic mass is 9.84. The normalized spacial score (nSPS) is 18.0. The molecule has 2 fully saturated rings. The van der Waals surface area contributed by atoms with Gasteiger partial charge in [-0.1, -0.05) is 43.2 Å². The Hall–Kier alpha value is -3.64. The number of hydrogen-bond acceptors (Lipinski definition) is 4. The lowest BCUT2D eigenvalue weighted by Crippen LogP contribution is -2.35. The van der Waals surface area contributed by atoms with E-state index in [-0.39, 0.29) is 17.9 Å². The number of hydrogen-bond donors (Lipinski definition) is 2. The molecule has 1 aliphatic heterocycles. The molecule has 1 saturated carbocycles. The molecular formula is C32H36N4O2. The maximum Gasteiger partial charge on any atom is 0.232 e. The van der Waals surface area contributed by atoms with Crippen LogP contribution in [-0.4, -0.2) is 47.2 Å². The molecule has 196 valence electrons. The fraction of sp³-hybridized carbons (Fsp3) is 0.375. The van der Waals surface area contributed by atoms with Gasteiger partial charge in [-0.15, -0.1) is 0 Å². The van der Waals surface area contributed by atoms with E-state index in [1.54, 1.807) is 0 Å². The maximum absolute atomic E-state index is 13.6. The zero-order chi connectivity index (χ0) is 25.9. The number of carbonyl (C=O) groups is 1. The van der Waals surface area contributed by atoms with Gasteiger partial charge in [-0.25, -0.2) is 0 Å². The van der Waals surface area contributed by atoms with Crippen molar-refractivity contribution < 1.29 is 9.53 Å². The third kappa shape index (κ3) is 5.32. The first-order valence-corrected chi connectivity index (χ1v) is 13.9. The fourth-order valence-electron chi connectivity index (χ4n) is 6.11. The molecular weight excluding hydrogens is 472 g/mol. The summed E-state index contributed by atoms with van der Waals surface area (Å²) in [5.74, 6) is 1.23. The molecule has 2 heterocycles. The first-order chi connectivity index (χ1) is 18.6. The average molecular weight is 509 g/mol. The van der Waals surface area contributed by atoms with Crippen molar-refractivity contribution in [3.05, 3.63) is 78.4 Å². The summed E-state index contributed by atoms with van der Waals surface area (Å²) in [6.45, 7) is 2.15. The molecule has 38 heavy (non-hydrogen) atoms. The minimum absolute atomic E-state index is 0.0721. The summed E-state index contributed by atoms with van der Waals surface area (Å²) in [5.41, 5.74) is 4.73. The molecule has 6 rings (SSSR count). The molecule has 1 atom stereocenters. The molecule has 1 unspecified atom stereocenters. The fourth-order valence-corrected chi connectivity index (χ4v) is 6.11. The number of likely N-dealkylation sites (tertiary alicyclic amines) is 1. The van der Waals surface area contributed by atoms with E-state index in [1.165, 1.54) is 12.8 Å². The summed E-state index contributed by atoms with van der Waals surface area (Å²) >= 11 is 0. The molecule has 6 heteroatoms. The van der Waals surface area contributed by atoms with Crippen LogP contribution in [0.25, 0.3) is 22.2 Å². The smallest absolute Gasteiger partial charge is 0.232 e. The van der Waals surface area contributed by atoms with Crippen LogP contribution in [0.15, 0.2) is 72.8 Å². The molecule has 6 nitrogen and oxygen atoms in total. The number of aromatic nitrogens is 2. The van der Waals surface area contributed by atoms with Gasteiger partial charge in [0.25, 0.3) is 0 Å². The zero-order valence-corrected chi connectivity index (χ0v) is 22.0. The second-order valence-electron chi connectivity index (χ2n) is 10.9. The summed E-state index contributed by atoms with van der Waals surface area (Å²) in [5, 5.41) is 12.0. The van der Waals surface area contributed by atoms with E-state index in [1.807, 2.05) is 48.5 Å². The number of benzene rings is 3. The number of aromatic amines is 1. The van der Waals surface area contributed by atoms with Crippen molar-refractivity contribution >= 4 is 22.5 Å². The number of rotatable bonds is 7. The lowest BCUT2D eigenvalue weighted by molar-refractivity contribution is -0.118. The highest BCUT2D eigenvalue weighted by Crippen LogP contribution is 2.38. The topological polar surface area (TPSA) is 70.2 Å². The Labute approximate surface area is 224 Å². The van der Waals surface area contributed by atoms with Crippen LogP contribution in [0.3, 0.4) is 0 Å². The third-order valence-electron chi connectivity index (χ3n) is 8.24. The van der Waals surface area contributed by atoms with Crippen LogP contribution in [0, 0.1) is 5.92 Å². The first-order valence-electron chi connectivity index (χ1n) is 13.9. The molecule has 1 amide bonds. The van der Waals surface area contributed by atoms with Gasteiger partial charge in [-0.05, 0) is 86.7 Å². The van der Waals surface area contributed by atoms with E-state index in [0.717, 1.165) is 77.9 Å². The number of nitrogens with zero attached hydrogens (tertiary/aromatic N) is 2. The van der Waals surface area contributed by atoms with E-state index in [0.29, 0.717) is 5.92 Å². The van der Waals surface area contributed by atoms with Crippen LogP contribution in [-0.2, 0) is 4.79 Å². The summed E-state index contributed by atoms with van der Waals surface area (Å²) in [6.07, 6.45) is 7.01. The van der Waals surface area contributed by atoms with Crippen molar-refractivity contribution in [2.24, 2.45) is 5.92 Å². The van der Waals surface area contributed by atoms with Crippen molar-refractivity contribution in [3.8, 4) is 17.0 Å². The zero-order valence-electron chi connectivity index (χ0n) is 22.0. The van der Waals surface area contributed by atoms with Gasteiger partial charge in [0.15, 0.2) is 0 Å². The number of piperidine rings is 1. The van der Waals surface area contributed by atoms with E-state index >= 15 is 0 Å². The monoisotopic (exact) mass is 508 g/mol. The molecule has 1 aliphatic carbocycles. The van der Waals surface area contributed by atoms with Crippen LogP contribution in [0.2, 0.25) is 0 Å². The predicted octanol–water partition coefficient (Wildman–Crippen LogP) is 6.62. The minimum atomic E-state index is -0.129. The number of nitrogens with one attached hydrogen (secondary N) is 2. The van der Waals surface area contributed by atoms with Crippen LogP contribution in [0.5, 0.6) is 5.75 Å². The summed E-state index contributed by atoms with van der Waals surface area (Å²) in [4.78, 5) is 15.9. The average Bonchev–Trinajstić information content (AvgIpc) is 3.62. The predicted molar refractivity (Wildman–Crippen MR) is 152 cm³/mol. The highest BCUT2D eigenvalue weighted by Gasteiger charge is 2.32. The first kappa shape index (κ1) is 24.7. The highest BCUT2D eigenvalue weighted by atomic mass is 16.5. The van der Waals surface area contributed by atoms with Gasteiger partial charge in [0.1, 0.15) is 11.9 Å². The Morgan fingerprint density at radius 1 is 0.974 bits per heavy atom. The second-order valence-corrected chi connectivity index (χ2v) is 10.9. The van der Waals surface area contributed by atoms with Crippen molar-refractivity contribution in [1.29, 1.82) is 0 Å². The van der Waals surface area contributed by atoms with Gasteiger partial charge in [0.2, 0.25) is 5.91 Å². The minimum Gasteiger partial charge on any atom is -0.490 e. The second kappa shape index (κ2) is 11.0. The van der Waals surface area contributed by atoms with Crippen molar-refractivity contribution in [2.75, 3.05) is 25.5 Å². The molecule has 1 aromatic heterocycles. The van der Waals surface area contributed by atoms with Gasteiger partial charge in [-0.3, -0.25) is 9.89 Å². The van der Waals surface area contributed by atoms with Crippen LogP contribution in [0.4, 0.5) is 5.69 Å². The highest BCUT2D eigenvalue weighted by molar-refractivity contribution is 6.00. The van der Waals surface area contributed by atoms with Crippen molar-refractivity contribution in [1.82, 2.24) is 15.1 Å². The van der Waals surface area contributed by atoms with Gasteiger partial charge in [0.05, 0.1) is 17.1 Å². The number of fused-ring (bicyclic) bond motifs is 1. The van der Waals surface area contributed by atoms with Crippen molar-refractivity contribution in [3.63, 3.8) is 0 Å². The SMILES string of the molecule is CN1CCC(Oc2ccc(-c3n[nH]c4ccc(NC(=O)C(c5ccccc5)C5CCCC5)cc34)cc2)CC1. The molecule has 2 aliphatic rings. The van der Waals surface area contributed by atoms with Gasteiger partial charge in [-0.2, -0.15) is 5.10 Å². The Morgan fingerprint density at radius 3 is 2.45 bits per heavy atom. The van der Waals surface area contributed by atoms with E-state index < -0.39 is 0 Å². The molecule has 3 aromatic carbocycles. The van der Waals surface area contributed by atoms with Gasteiger partial charge >= 0.3 is 0 Å². The van der Waals surface area contributed by atoms with Crippen LogP contribution >= 0.6 is 0 Å². The molecule has 4 aromatic rings. The largest absolute Gasteiger partial charge is 0.490 e. The van der Waals surface area contributed by atoms with E-state index in [9.17, 15) is 4.79 Å². The Kier molecular flexibility index (Phi) is 7.14. The van der Waals surface area contributed by atoms with Crippen LogP contribution < -0.4 is 10.1 Å². The summed E-state index contributed by atoms with van der Waals surface area (Å²) in [7, 11) is 2.16. The number of anilines is 1. The molecule has 0 bridgehead atoms. The standard InChI is InChI=1S/C32H36N4O2/c1-36-19-17-27(18-20-36)38-26-14-11-24(12-15-26)31-28-21-25(13-16-29(28)34-35-31)33-32(37)30(23-9-5-6-10-23)22-7-3-2-4-8-22/h2-4,7-8,11-16,21,23,27,30H,5-6,9-10,17-20H2,1H3,(H,33,37)(H,34,35). The number of H-pyrrole nitrogens is 1. The van der Waals surface area contributed by atoms with Gasteiger partial charge in [0, 0.05) is 29.7 Å². The number of amides is 1. The third-order valence-corrected chi connectivity index (χ3v) is 8.24. The van der Waals surface area contributed by atoms with E-state index in [4.69, 9.17) is 4.74 Å². The Balaban J connectivity index is 1.20. The Morgan fingerprint density at radius 2 is 1.71 bits per heavy atom.